The predicted molar refractivity (Wildman–Crippen MR) is 62.1 cm³/mol. The minimum absolute atomic E-state index is 0.481. The average molecular weight is 246 g/mol. The minimum Gasteiger partial charge on any atom is -0.389 e. The molecule has 1 aromatic heterocycles. The van der Waals surface area contributed by atoms with Gasteiger partial charge in [0.05, 0.1) is 5.60 Å². The molecule has 2 heterocycles. The lowest BCUT2D eigenvalue weighted by molar-refractivity contribution is 0.0339. The van der Waals surface area contributed by atoms with Crippen molar-refractivity contribution in [3.8, 4) is 0 Å². The first-order valence-electron chi connectivity index (χ1n) is 4.83. The lowest BCUT2D eigenvalue weighted by atomic mass is 9.95. The Morgan fingerprint density at radius 3 is 2.80 bits per heavy atom. The van der Waals surface area contributed by atoms with Gasteiger partial charge in [-0.3, -0.25) is 0 Å². The molecule has 1 aliphatic rings. The maximum Gasteiger partial charge on any atom is 0.203 e. The van der Waals surface area contributed by atoms with Crippen LogP contribution in [0, 0.1) is 0 Å². The Hall–Kier alpha value is -0.370. The third-order valence-electron chi connectivity index (χ3n) is 2.42. The van der Waals surface area contributed by atoms with E-state index in [0.717, 1.165) is 30.3 Å². The molecule has 0 aromatic carbocycles. The molecule has 0 aliphatic carbocycles. The second-order valence-corrected chi connectivity index (χ2v) is 5.90. The van der Waals surface area contributed by atoms with E-state index in [4.69, 9.17) is 5.73 Å². The number of hydrogen-bond acceptors (Lipinski definition) is 7. The highest BCUT2D eigenvalue weighted by Gasteiger charge is 2.29. The van der Waals surface area contributed by atoms with Gasteiger partial charge in [-0.05, 0) is 25.9 Å². The summed E-state index contributed by atoms with van der Waals surface area (Å²) in [6.07, 6.45) is 1.60. The number of rotatable bonds is 3. The monoisotopic (exact) mass is 246 g/mol. The Kier molecular flexibility index (Phi) is 3.45. The zero-order valence-electron chi connectivity index (χ0n) is 8.27. The molecule has 0 bridgehead atoms. The van der Waals surface area contributed by atoms with Gasteiger partial charge in [0.25, 0.3) is 0 Å². The standard InChI is InChI=1S/C8H14N4OS2/c9-6-11-12-7(15-6)14-5-8(13)1-3-10-4-2-8/h10,13H,1-5H2,(H2,9,11). The summed E-state index contributed by atoms with van der Waals surface area (Å²) < 4.78 is 0.833. The fraction of sp³-hybridized carbons (Fsp3) is 0.750. The van der Waals surface area contributed by atoms with Crippen LogP contribution >= 0.6 is 23.1 Å². The largest absolute Gasteiger partial charge is 0.389 e. The number of nitrogen functional groups attached to an aromatic ring is 1. The molecule has 5 nitrogen and oxygen atoms in total. The van der Waals surface area contributed by atoms with Crippen LogP contribution in [0.15, 0.2) is 4.34 Å². The van der Waals surface area contributed by atoms with Crippen LogP contribution in [0.4, 0.5) is 5.13 Å². The first kappa shape index (κ1) is 11.1. The van der Waals surface area contributed by atoms with Crippen LogP contribution in [-0.2, 0) is 0 Å². The first-order chi connectivity index (χ1) is 7.18. The maximum atomic E-state index is 10.2. The number of anilines is 1. The fourth-order valence-electron chi connectivity index (χ4n) is 1.51. The van der Waals surface area contributed by atoms with E-state index in [2.05, 4.69) is 15.5 Å². The zero-order valence-corrected chi connectivity index (χ0v) is 9.90. The normalized spacial score (nSPS) is 20.3. The van der Waals surface area contributed by atoms with E-state index < -0.39 is 5.60 Å². The minimum atomic E-state index is -0.559. The summed E-state index contributed by atoms with van der Waals surface area (Å²) in [6, 6.07) is 0. The highest BCUT2D eigenvalue weighted by Crippen LogP contribution is 2.30. The predicted octanol–water partition coefficient (Wildman–Crippen LogP) is 0.327. The van der Waals surface area contributed by atoms with E-state index >= 15 is 0 Å². The molecule has 0 unspecified atom stereocenters. The number of thioether (sulfide) groups is 1. The van der Waals surface area contributed by atoms with E-state index in [-0.39, 0.29) is 0 Å². The molecule has 4 N–H and O–H groups in total. The molecule has 0 radical (unpaired) electrons. The molecule has 1 fully saturated rings. The summed E-state index contributed by atoms with van der Waals surface area (Å²) in [7, 11) is 0. The van der Waals surface area contributed by atoms with Gasteiger partial charge in [-0.25, -0.2) is 0 Å². The Bertz CT molecular complexity index is 324. The van der Waals surface area contributed by atoms with Gasteiger partial charge in [-0.15, -0.1) is 10.2 Å². The lowest BCUT2D eigenvalue weighted by Gasteiger charge is -2.31. The van der Waals surface area contributed by atoms with Crippen molar-refractivity contribution in [1.29, 1.82) is 0 Å². The van der Waals surface area contributed by atoms with Gasteiger partial charge in [0.15, 0.2) is 4.34 Å². The van der Waals surface area contributed by atoms with Crippen LogP contribution < -0.4 is 11.1 Å². The summed E-state index contributed by atoms with van der Waals surface area (Å²) in [5.41, 5.74) is 4.92. The SMILES string of the molecule is Nc1nnc(SCC2(O)CCNCC2)s1. The van der Waals surface area contributed by atoms with Crippen molar-refractivity contribution in [3.63, 3.8) is 0 Å². The smallest absolute Gasteiger partial charge is 0.203 e. The van der Waals surface area contributed by atoms with Gasteiger partial charge in [-0.2, -0.15) is 0 Å². The van der Waals surface area contributed by atoms with Crippen LogP contribution in [0.2, 0.25) is 0 Å². The third kappa shape index (κ3) is 3.04. The Balaban J connectivity index is 1.86. The second-order valence-electron chi connectivity index (χ2n) is 3.67. The molecule has 0 atom stereocenters. The zero-order chi connectivity index (χ0) is 10.7. The molecule has 1 saturated heterocycles. The summed E-state index contributed by atoms with van der Waals surface area (Å²) in [5, 5.41) is 21.6. The van der Waals surface area contributed by atoms with Gasteiger partial charge < -0.3 is 16.2 Å². The van der Waals surface area contributed by atoms with Gasteiger partial charge in [0.2, 0.25) is 5.13 Å². The molecule has 0 saturated carbocycles. The van der Waals surface area contributed by atoms with Crippen LogP contribution in [0.3, 0.4) is 0 Å². The van der Waals surface area contributed by atoms with Crippen molar-refractivity contribution < 1.29 is 5.11 Å². The topological polar surface area (TPSA) is 84.1 Å². The van der Waals surface area contributed by atoms with Gasteiger partial charge in [0.1, 0.15) is 0 Å². The van der Waals surface area contributed by atoms with Crippen LogP contribution in [0.25, 0.3) is 0 Å². The van der Waals surface area contributed by atoms with E-state index in [1.165, 1.54) is 23.1 Å². The van der Waals surface area contributed by atoms with Gasteiger partial charge >= 0.3 is 0 Å². The van der Waals surface area contributed by atoms with Gasteiger partial charge in [-0.1, -0.05) is 23.1 Å². The average Bonchev–Trinajstić information content (AvgIpc) is 2.63. The molecular weight excluding hydrogens is 232 g/mol. The summed E-state index contributed by atoms with van der Waals surface area (Å²) in [6.45, 7) is 1.77. The van der Waals surface area contributed by atoms with Crippen molar-refractivity contribution in [2.24, 2.45) is 0 Å². The second kappa shape index (κ2) is 4.65. The molecule has 1 aliphatic heterocycles. The fourth-order valence-corrected chi connectivity index (χ4v) is 3.30. The van der Waals surface area contributed by atoms with Crippen molar-refractivity contribution in [1.82, 2.24) is 15.5 Å². The highest BCUT2D eigenvalue weighted by atomic mass is 32.2. The summed E-state index contributed by atoms with van der Waals surface area (Å²) in [4.78, 5) is 0. The molecule has 2 rings (SSSR count). The molecular formula is C8H14N4OS2. The van der Waals surface area contributed by atoms with Crippen LogP contribution in [-0.4, -0.2) is 39.7 Å². The van der Waals surface area contributed by atoms with Gasteiger partial charge in [0, 0.05) is 5.75 Å². The molecule has 7 heteroatoms. The molecule has 0 amide bonds. The van der Waals surface area contributed by atoms with Crippen molar-refractivity contribution in [2.75, 3.05) is 24.6 Å². The van der Waals surface area contributed by atoms with E-state index in [1.54, 1.807) is 0 Å². The summed E-state index contributed by atoms with van der Waals surface area (Å²) in [5.74, 6) is 0.670. The molecule has 0 spiro atoms. The van der Waals surface area contributed by atoms with Crippen molar-refractivity contribution >= 4 is 28.2 Å². The van der Waals surface area contributed by atoms with E-state index in [0.29, 0.717) is 10.9 Å². The van der Waals surface area contributed by atoms with Crippen LogP contribution in [0.1, 0.15) is 12.8 Å². The van der Waals surface area contributed by atoms with Crippen molar-refractivity contribution in [2.45, 2.75) is 22.8 Å². The highest BCUT2D eigenvalue weighted by molar-refractivity contribution is 8.01. The quantitative estimate of drug-likeness (QED) is 0.666. The summed E-state index contributed by atoms with van der Waals surface area (Å²) >= 11 is 2.90. The Morgan fingerprint density at radius 1 is 1.47 bits per heavy atom. The molecule has 1 aromatic rings. The lowest BCUT2D eigenvalue weighted by Crippen LogP contribution is -2.43. The number of nitrogens with two attached hydrogens (primary N) is 1. The number of hydrogen-bond donors (Lipinski definition) is 3. The number of nitrogens with one attached hydrogen (secondary N) is 1. The maximum absolute atomic E-state index is 10.2. The van der Waals surface area contributed by atoms with E-state index in [9.17, 15) is 5.11 Å². The van der Waals surface area contributed by atoms with Crippen molar-refractivity contribution in [3.05, 3.63) is 0 Å². The number of piperidine rings is 1. The first-order valence-corrected chi connectivity index (χ1v) is 6.63. The van der Waals surface area contributed by atoms with Crippen LogP contribution in [0.5, 0.6) is 0 Å². The number of aliphatic hydroxyl groups is 1. The number of aromatic nitrogens is 2. The van der Waals surface area contributed by atoms with E-state index in [1.807, 2.05) is 0 Å². The Labute approximate surface area is 96.5 Å². The number of nitrogens with zero attached hydrogens (tertiary/aromatic N) is 2. The molecule has 15 heavy (non-hydrogen) atoms. The Morgan fingerprint density at radius 2 is 2.20 bits per heavy atom. The molecule has 84 valence electrons. The third-order valence-corrected chi connectivity index (χ3v) is 4.58.